The number of carbonyl (C=O) groups is 2. The molecule has 2 atom stereocenters. The van der Waals surface area contributed by atoms with Crippen LogP contribution in [0.25, 0.3) is 0 Å². The number of primary amides is 1. The molecule has 176 valence electrons. The number of nitrogens with zero attached hydrogens (tertiary/aromatic N) is 2. The van der Waals surface area contributed by atoms with Gasteiger partial charge < -0.3 is 21.7 Å². The molecule has 1 saturated carbocycles. The second kappa shape index (κ2) is 9.84. The third kappa shape index (κ3) is 6.18. The molecule has 12 heteroatoms. The Kier molecular flexibility index (Phi) is 7.14. The first-order chi connectivity index (χ1) is 15.6. The maximum absolute atomic E-state index is 13.7. The van der Waals surface area contributed by atoms with Crippen LogP contribution < -0.4 is 21.7 Å². The van der Waals surface area contributed by atoms with Gasteiger partial charge in [-0.25, -0.2) is 9.37 Å². The van der Waals surface area contributed by atoms with Crippen molar-refractivity contribution in [1.82, 2.24) is 9.97 Å². The summed E-state index contributed by atoms with van der Waals surface area (Å²) in [5, 5.41) is 7.80. The summed E-state index contributed by atoms with van der Waals surface area (Å²) in [4.78, 5) is 30.9. The van der Waals surface area contributed by atoms with Crippen molar-refractivity contribution in [3.8, 4) is 0 Å². The van der Waals surface area contributed by atoms with Crippen molar-refractivity contribution in [2.45, 2.75) is 37.9 Å². The van der Waals surface area contributed by atoms with E-state index in [0.29, 0.717) is 25.5 Å². The Morgan fingerprint density at radius 1 is 1.21 bits per heavy atom. The molecule has 0 spiro atoms. The average Bonchev–Trinajstić information content (AvgIpc) is 2.75. The van der Waals surface area contributed by atoms with Gasteiger partial charge >= 0.3 is 6.18 Å². The molecular formula is C21H22F4N6O2. The molecule has 8 nitrogen and oxygen atoms in total. The van der Waals surface area contributed by atoms with Crippen molar-refractivity contribution in [2.24, 2.45) is 11.7 Å². The first-order valence-electron chi connectivity index (χ1n) is 10.1. The highest BCUT2D eigenvalue weighted by molar-refractivity contribution is 6.01. The van der Waals surface area contributed by atoms with Crippen molar-refractivity contribution in [3.05, 3.63) is 48.4 Å². The fraction of sp³-hybridized carbons (Fsp3) is 0.333. The van der Waals surface area contributed by atoms with E-state index in [0.717, 1.165) is 24.6 Å². The number of nitrogens with one attached hydrogen (secondary N) is 3. The summed E-state index contributed by atoms with van der Waals surface area (Å²) in [5.74, 6) is -2.82. The van der Waals surface area contributed by atoms with Gasteiger partial charge in [-0.15, -0.1) is 0 Å². The Hall–Kier alpha value is -3.70. The van der Waals surface area contributed by atoms with Gasteiger partial charge in [0.25, 0.3) is 0 Å². The molecule has 0 aliphatic heterocycles. The fourth-order valence-corrected chi connectivity index (χ4v) is 3.56. The van der Waals surface area contributed by atoms with E-state index in [2.05, 4.69) is 32.5 Å². The molecule has 0 radical (unpaired) electrons. The van der Waals surface area contributed by atoms with Gasteiger partial charge in [0.1, 0.15) is 17.2 Å². The molecule has 1 aliphatic carbocycles. The molecule has 1 fully saturated rings. The predicted molar refractivity (Wildman–Crippen MR) is 114 cm³/mol. The van der Waals surface area contributed by atoms with E-state index in [1.54, 1.807) is 0 Å². The maximum atomic E-state index is 13.7. The Morgan fingerprint density at radius 2 is 1.97 bits per heavy atom. The van der Waals surface area contributed by atoms with Crippen LogP contribution in [0.4, 0.5) is 40.7 Å². The van der Waals surface area contributed by atoms with Gasteiger partial charge in [0.05, 0.1) is 11.4 Å². The molecular weight excluding hydrogens is 444 g/mol. The highest BCUT2D eigenvalue weighted by Gasteiger charge is 2.36. The number of halogens is 4. The number of aromatic nitrogens is 2. The highest BCUT2D eigenvalue weighted by atomic mass is 19.4. The summed E-state index contributed by atoms with van der Waals surface area (Å²) in [6.07, 6.45) is -0.765. The molecule has 1 aromatic carbocycles. The lowest BCUT2D eigenvalue weighted by atomic mass is 9.85. The van der Waals surface area contributed by atoms with Crippen molar-refractivity contribution in [3.63, 3.8) is 0 Å². The molecule has 33 heavy (non-hydrogen) atoms. The molecule has 2 amide bonds. The largest absolute Gasteiger partial charge is 0.421 e. The molecule has 5 N–H and O–H groups in total. The lowest BCUT2D eigenvalue weighted by molar-refractivity contribution is -0.137. The zero-order chi connectivity index (χ0) is 24.2. The number of hydrogen-bond acceptors (Lipinski definition) is 6. The molecule has 2 aromatic rings. The van der Waals surface area contributed by atoms with Crippen molar-refractivity contribution < 1.29 is 27.2 Å². The van der Waals surface area contributed by atoms with Crippen molar-refractivity contribution >= 4 is 35.0 Å². The number of benzene rings is 1. The summed E-state index contributed by atoms with van der Waals surface area (Å²) in [6.45, 7) is 3.29. The average molecular weight is 466 g/mol. The Labute approximate surface area is 186 Å². The van der Waals surface area contributed by atoms with Gasteiger partial charge in [-0.05, 0) is 43.5 Å². The van der Waals surface area contributed by atoms with E-state index in [4.69, 9.17) is 5.73 Å². The Balaban J connectivity index is 1.91. The summed E-state index contributed by atoms with van der Waals surface area (Å²) >= 11 is 0. The van der Waals surface area contributed by atoms with Gasteiger partial charge in [0, 0.05) is 18.2 Å². The lowest BCUT2D eigenvalue weighted by Gasteiger charge is -2.28. The minimum Gasteiger partial charge on any atom is -0.369 e. The van der Waals surface area contributed by atoms with E-state index >= 15 is 0 Å². The standard InChI is InChI=1S/C21H22F4N6O2/c1-2-17(32)29-16-9-12(22)6-7-15(16)30-19-14(21(23,24)25)10-27-20(31-19)28-13-5-3-4-11(8-13)18(26)33/h2,6-7,9-11,13H,1,3-5,8H2,(H2,26,33)(H,29,32)(H2,27,28,30,31)/t11-,13+/m1/s1. The second-order valence-corrected chi connectivity index (χ2v) is 7.57. The molecule has 1 aliphatic rings. The third-order valence-corrected chi connectivity index (χ3v) is 5.18. The number of anilines is 4. The minimum atomic E-state index is -4.78. The van der Waals surface area contributed by atoms with Crippen LogP contribution in [0.5, 0.6) is 0 Å². The summed E-state index contributed by atoms with van der Waals surface area (Å²) in [6, 6.07) is 2.89. The van der Waals surface area contributed by atoms with Crippen LogP contribution in [-0.4, -0.2) is 27.8 Å². The van der Waals surface area contributed by atoms with E-state index < -0.39 is 35.2 Å². The van der Waals surface area contributed by atoms with E-state index in [9.17, 15) is 27.2 Å². The molecule has 0 unspecified atom stereocenters. The van der Waals surface area contributed by atoms with Gasteiger partial charge in [-0.3, -0.25) is 9.59 Å². The zero-order valence-electron chi connectivity index (χ0n) is 17.4. The Morgan fingerprint density at radius 3 is 2.64 bits per heavy atom. The van der Waals surface area contributed by atoms with Crippen LogP contribution in [-0.2, 0) is 15.8 Å². The van der Waals surface area contributed by atoms with Crippen LogP contribution in [0.1, 0.15) is 31.2 Å². The number of rotatable bonds is 7. The molecule has 0 saturated heterocycles. The van der Waals surface area contributed by atoms with Crippen LogP contribution >= 0.6 is 0 Å². The summed E-state index contributed by atoms with van der Waals surface area (Å²) in [7, 11) is 0. The van der Waals surface area contributed by atoms with Crippen molar-refractivity contribution in [2.75, 3.05) is 16.0 Å². The molecule has 0 bridgehead atoms. The van der Waals surface area contributed by atoms with E-state index in [1.165, 1.54) is 6.07 Å². The van der Waals surface area contributed by atoms with Gasteiger partial charge in [0.15, 0.2) is 0 Å². The smallest absolute Gasteiger partial charge is 0.369 e. The number of nitrogens with two attached hydrogens (primary N) is 1. The normalized spacial score (nSPS) is 18.3. The zero-order valence-corrected chi connectivity index (χ0v) is 17.4. The van der Waals surface area contributed by atoms with Gasteiger partial charge in [-0.2, -0.15) is 18.2 Å². The first kappa shape index (κ1) is 24.0. The summed E-state index contributed by atoms with van der Waals surface area (Å²) < 4.78 is 54.4. The fourth-order valence-electron chi connectivity index (χ4n) is 3.56. The van der Waals surface area contributed by atoms with Crippen LogP contribution in [0.2, 0.25) is 0 Å². The number of carbonyl (C=O) groups excluding carboxylic acids is 2. The SMILES string of the molecule is C=CC(=O)Nc1cc(F)ccc1Nc1nc(N[C@H]2CCC[C@@H](C(N)=O)C2)ncc1C(F)(F)F. The van der Waals surface area contributed by atoms with E-state index in [1.807, 2.05) is 0 Å². The Bertz CT molecular complexity index is 1060. The van der Waals surface area contributed by atoms with Crippen LogP contribution in [0.3, 0.4) is 0 Å². The van der Waals surface area contributed by atoms with Crippen molar-refractivity contribution in [1.29, 1.82) is 0 Å². The number of alkyl halides is 3. The maximum Gasteiger partial charge on any atom is 0.421 e. The predicted octanol–water partition coefficient (Wildman–Crippen LogP) is 3.96. The number of hydrogen-bond donors (Lipinski definition) is 4. The highest BCUT2D eigenvalue weighted by Crippen LogP contribution is 2.37. The first-order valence-corrected chi connectivity index (χ1v) is 10.1. The lowest BCUT2D eigenvalue weighted by Crippen LogP contribution is -2.34. The number of amides is 2. The monoisotopic (exact) mass is 466 g/mol. The molecule has 3 rings (SSSR count). The van der Waals surface area contributed by atoms with Crippen LogP contribution in [0, 0.1) is 11.7 Å². The van der Waals surface area contributed by atoms with Gasteiger partial charge in [0.2, 0.25) is 17.8 Å². The summed E-state index contributed by atoms with van der Waals surface area (Å²) in [5.41, 5.74) is 4.10. The van der Waals surface area contributed by atoms with Crippen LogP contribution in [0.15, 0.2) is 37.1 Å². The topological polar surface area (TPSA) is 122 Å². The quantitative estimate of drug-likeness (QED) is 0.362. The molecule has 1 heterocycles. The third-order valence-electron chi connectivity index (χ3n) is 5.18. The minimum absolute atomic E-state index is 0.0202. The van der Waals surface area contributed by atoms with Gasteiger partial charge in [-0.1, -0.05) is 13.0 Å². The van der Waals surface area contributed by atoms with E-state index in [-0.39, 0.29) is 29.3 Å². The second-order valence-electron chi connectivity index (χ2n) is 7.57. The molecule has 1 aromatic heterocycles.